The van der Waals surface area contributed by atoms with Crippen molar-refractivity contribution < 1.29 is 4.74 Å². The number of rotatable bonds is 4. The predicted octanol–water partition coefficient (Wildman–Crippen LogP) is 3.56. The van der Waals surface area contributed by atoms with Gasteiger partial charge in [0.25, 0.3) is 0 Å². The van der Waals surface area contributed by atoms with Crippen LogP contribution in [0.2, 0.25) is 5.02 Å². The number of hydrogen-bond donors (Lipinski definition) is 0. The lowest BCUT2D eigenvalue weighted by Gasteiger charge is -2.08. The Morgan fingerprint density at radius 2 is 2.33 bits per heavy atom. The van der Waals surface area contributed by atoms with Gasteiger partial charge in [-0.15, -0.1) is 0 Å². The fourth-order valence-electron chi connectivity index (χ4n) is 0.969. The summed E-state index contributed by atoms with van der Waals surface area (Å²) in [4.78, 5) is 0. The van der Waals surface area contributed by atoms with Gasteiger partial charge in [0.1, 0.15) is 12.4 Å². The summed E-state index contributed by atoms with van der Waals surface area (Å²) in [6.07, 6.45) is 0.883. The molecule has 1 aromatic carbocycles. The van der Waals surface area contributed by atoms with Crippen LogP contribution in [0.1, 0.15) is 18.9 Å². The van der Waals surface area contributed by atoms with Gasteiger partial charge in [-0.2, -0.15) is 5.26 Å². The summed E-state index contributed by atoms with van der Waals surface area (Å²) in [5, 5.41) is 9.10. The van der Waals surface area contributed by atoms with Gasteiger partial charge >= 0.3 is 0 Å². The van der Waals surface area contributed by atoms with Gasteiger partial charge in [-0.3, -0.25) is 0 Å². The number of hydrogen-bond acceptors (Lipinski definition) is 2. The van der Waals surface area contributed by atoms with E-state index in [4.69, 9.17) is 21.6 Å². The molecule has 1 aromatic rings. The number of nitrogens with zero attached hydrogens (tertiary/aromatic N) is 1. The molecule has 1 rings (SSSR count). The largest absolute Gasteiger partial charge is 0.488 e. The zero-order chi connectivity index (χ0) is 11.3. The van der Waals surface area contributed by atoms with Gasteiger partial charge in [-0.25, -0.2) is 0 Å². The summed E-state index contributed by atoms with van der Waals surface area (Å²) in [6.45, 7) is 6.31. The molecule has 0 aliphatic carbocycles. The second-order valence-corrected chi connectivity index (χ2v) is 3.56. The van der Waals surface area contributed by atoms with E-state index in [0.717, 1.165) is 12.0 Å². The molecule has 0 fully saturated rings. The third-order valence-electron chi connectivity index (χ3n) is 1.99. The highest BCUT2D eigenvalue weighted by Gasteiger charge is 2.03. The second-order valence-electron chi connectivity index (χ2n) is 3.15. The fourth-order valence-corrected chi connectivity index (χ4v) is 1.20. The van der Waals surface area contributed by atoms with Crippen LogP contribution in [0.4, 0.5) is 0 Å². The van der Waals surface area contributed by atoms with E-state index in [1.165, 1.54) is 0 Å². The third kappa shape index (κ3) is 3.30. The topological polar surface area (TPSA) is 33.0 Å². The van der Waals surface area contributed by atoms with E-state index in [1.54, 1.807) is 18.2 Å². The monoisotopic (exact) mass is 221 g/mol. The molecule has 0 N–H and O–H groups in total. The summed E-state index contributed by atoms with van der Waals surface area (Å²) < 4.78 is 5.45. The second kappa shape index (κ2) is 5.43. The molecular weight excluding hydrogens is 210 g/mol. The average molecular weight is 222 g/mol. The molecule has 0 aliphatic rings. The van der Waals surface area contributed by atoms with Gasteiger partial charge in [0.2, 0.25) is 0 Å². The van der Waals surface area contributed by atoms with Gasteiger partial charge in [-0.05, 0) is 30.2 Å². The molecule has 0 aromatic heterocycles. The lowest BCUT2D eigenvalue weighted by molar-refractivity contribution is 0.349. The lowest BCUT2D eigenvalue weighted by atomic mass is 10.2. The summed E-state index contributed by atoms with van der Waals surface area (Å²) in [5.41, 5.74) is 1.54. The van der Waals surface area contributed by atoms with E-state index >= 15 is 0 Å². The van der Waals surface area contributed by atoms with Crippen molar-refractivity contribution in [2.45, 2.75) is 13.3 Å². The summed E-state index contributed by atoms with van der Waals surface area (Å²) >= 11 is 5.93. The molecule has 0 amide bonds. The van der Waals surface area contributed by atoms with Gasteiger partial charge < -0.3 is 4.74 Å². The first-order chi connectivity index (χ1) is 7.17. The molecule has 2 nitrogen and oxygen atoms in total. The van der Waals surface area contributed by atoms with Crippen molar-refractivity contribution in [1.82, 2.24) is 0 Å². The first-order valence-corrected chi connectivity index (χ1v) is 5.04. The quantitative estimate of drug-likeness (QED) is 0.729. The van der Waals surface area contributed by atoms with Gasteiger partial charge in [-0.1, -0.05) is 25.1 Å². The minimum absolute atomic E-state index is 0.456. The van der Waals surface area contributed by atoms with Crippen molar-refractivity contribution in [3.63, 3.8) is 0 Å². The lowest BCUT2D eigenvalue weighted by Crippen LogP contribution is -1.99. The zero-order valence-corrected chi connectivity index (χ0v) is 9.34. The van der Waals surface area contributed by atoms with Crippen molar-refractivity contribution in [2.75, 3.05) is 6.61 Å². The minimum Gasteiger partial charge on any atom is -0.488 e. The highest BCUT2D eigenvalue weighted by atomic mass is 35.5. The van der Waals surface area contributed by atoms with E-state index in [2.05, 4.69) is 6.58 Å². The Kier molecular flexibility index (Phi) is 4.20. The highest BCUT2D eigenvalue weighted by Crippen LogP contribution is 2.25. The number of nitriles is 1. The molecule has 0 heterocycles. The average Bonchev–Trinajstić information content (AvgIpc) is 2.26. The zero-order valence-electron chi connectivity index (χ0n) is 8.59. The normalized spacial score (nSPS) is 9.40. The van der Waals surface area contributed by atoms with Crippen LogP contribution in [0.25, 0.3) is 0 Å². The number of halogens is 1. The molecule has 0 saturated carbocycles. The van der Waals surface area contributed by atoms with Crippen molar-refractivity contribution in [2.24, 2.45) is 0 Å². The summed E-state index contributed by atoms with van der Waals surface area (Å²) in [5.74, 6) is 0.588. The molecule has 3 heteroatoms. The maximum atomic E-state index is 8.65. The Bertz CT molecular complexity index is 407. The molecule has 0 atom stereocenters. The van der Waals surface area contributed by atoms with Crippen molar-refractivity contribution in [3.8, 4) is 11.8 Å². The molecular formula is C12H12ClNO. The fraction of sp³-hybridized carbons (Fsp3) is 0.250. The SMILES string of the molecule is C=C(CC)COc1ccc(C#N)cc1Cl. The molecule has 0 aliphatic heterocycles. The van der Waals surface area contributed by atoms with Crippen LogP contribution in [-0.4, -0.2) is 6.61 Å². The molecule has 15 heavy (non-hydrogen) atoms. The minimum atomic E-state index is 0.456. The highest BCUT2D eigenvalue weighted by molar-refractivity contribution is 6.32. The molecule has 0 bridgehead atoms. The summed E-state index contributed by atoms with van der Waals surface area (Å²) in [6, 6.07) is 6.98. The molecule has 0 radical (unpaired) electrons. The Morgan fingerprint density at radius 1 is 1.60 bits per heavy atom. The Balaban J connectivity index is 2.71. The van der Waals surface area contributed by atoms with Gasteiger partial charge in [0.15, 0.2) is 0 Å². The van der Waals surface area contributed by atoms with Crippen LogP contribution in [0.3, 0.4) is 0 Å². The van der Waals surface area contributed by atoms with E-state index in [1.807, 2.05) is 13.0 Å². The number of benzene rings is 1. The van der Waals surface area contributed by atoms with Gasteiger partial charge in [0.05, 0.1) is 16.7 Å². The Morgan fingerprint density at radius 3 is 2.87 bits per heavy atom. The summed E-state index contributed by atoms with van der Waals surface area (Å²) in [7, 11) is 0. The van der Waals surface area contributed by atoms with Gasteiger partial charge in [0, 0.05) is 0 Å². The Labute approximate surface area is 94.7 Å². The van der Waals surface area contributed by atoms with E-state index in [9.17, 15) is 0 Å². The first kappa shape index (κ1) is 11.6. The molecule has 0 saturated heterocycles. The van der Waals surface area contributed by atoms with Crippen LogP contribution in [-0.2, 0) is 0 Å². The van der Waals surface area contributed by atoms with Crippen LogP contribution in [0.15, 0.2) is 30.4 Å². The van der Waals surface area contributed by atoms with Crippen LogP contribution >= 0.6 is 11.6 Å². The molecule has 78 valence electrons. The van der Waals surface area contributed by atoms with Crippen LogP contribution in [0, 0.1) is 11.3 Å². The smallest absolute Gasteiger partial charge is 0.138 e. The Hall–Kier alpha value is -1.46. The predicted molar refractivity (Wildman–Crippen MR) is 61.1 cm³/mol. The van der Waals surface area contributed by atoms with Crippen molar-refractivity contribution >= 4 is 11.6 Å². The standard InChI is InChI=1S/C12H12ClNO/c1-3-9(2)8-15-12-5-4-10(7-14)6-11(12)13/h4-6H,2-3,8H2,1H3. The maximum absolute atomic E-state index is 8.65. The van der Waals surface area contributed by atoms with Crippen molar-refractivity contribution in [3.05, 3.63) is 40.9 Å². The first-order valence-electron chi connectivity index (χ1n) is 4.66. The molecule has 0 unspecified atom stereocenters. The number of ether oxygens (including phenoxy) is 1. The molecule has 0 spiro atoms. The van der Waals surface area contributed by atoms with E-state index in [0.29, 0.717) is 22.9 Å². The van der Waals surface area contributed by atoms with Crippen molar-refractivity contribution in [1.29, 1.82) is 5.26 Å². The third-order valence-corrected chi connectivity index (χ3v) is 2.29. The van der Waals surface area contributed by atoms with E-state index in [-0.39, 0.29) is 0 Å². The van der Waals surface area contributed by atoms with Crippen LogP contribution < -0.4 is 4.74 Å². The van der Waals surface area contributed by atoms with E-state index < -0.39 is 0 Å². The maximum Gasteiger partial charge on any atom is 0.138 e. The van der Waals surface area contributed by atoms with Crippen LogP contribution in [0.5, 0.6) is 5.75 Å².